The zero-order valence-electron chi connectivity index (χ0n) is 16.9. The number of piperidine rings is 1. The Bertz CT molecular complexity index is 604. The molecule has 0 aliphatic carbocycles. The molecule has 27 heavy (non-hydrogen) atoms. The molecule has 0 spiro atoms. The highest BCUT2D eigenvalue weighted by atomic mass is 127. The average molecular weight is 482 g/mol. The third kappa shape index (κ3) is 6.79. The molecule has 1 aromatic carbocycles. The normalized spacial score (nSPS) is 21.1. The van der Waals surface area contributed by atoms with E-state index in [0.717, 1.165) is 50.9 Å². The van der Waals surface area contributed by atoms with Gasteiger partial charge in [-0.3, -0.25) is 4.99 Å². The van der Waals surface area contributed by atoms with Gasteiger partial charge in [-0.2, -0.15) is 0 Å². The molecule has 0 amide bonds. The number of guanidine groups is 1. The zero-order chi connectivity index (χ0) is 18.2. The second-order valence-corrected chi connectivity index (χ2v) is 7.44. The molecule has 2 aliphatic rings. The minimum Gasteiger partial charge on any atom is -0.357 e. The molecule has 1 atom stereocenters. The predicted molar refractivity (Wildman–Crippen MR) is 127 cm³/mol. The molecular formula is C22H35IN4. The summed E-state index contributed by atoms with van der Waals surface area (Å²) in [7, 11) is 0. The van der Waals surface area contributed by atoms with Gasteiger partial charge in [0.05, 0.1) is 0 Å². The SMILES string of the molecule is CCNC(=NCC1CCN(CC)C1)N1CCC(=Cc2ccccc2)CC1.I. The van der Waals surface area contributed by atoms with Crippen LogP contribution >= 0.6 is 24.0 Å². The van der Waals surface area contributed by atoms with Gasteiger partial charge in [0.1, 0.15) is 0 Å². The molecule has 0 radical (unpaired) electrons. The highest BCUT2D eigenvalue weighted by molar-refractivity contribution is 14.0. The van der Waals surface area contributed by atoms with Gasteiger partial charge in [-0.1, -0.05) is 48.9 Å². The van der Waals surface area contributed by atoms with Gasteiger partial charge in [-0.05, 0) is 50.8 Å². The molecule has 3 rings (SSSR count). The van der Waals surface area contributed by atoms with Crippen molar-refractivity contribution >= 4 is 36.0 Å². The molecule has 2 aliphatic heterocycles. The Morgan fingerprint density at radius 3 is 2.52 bits per heavy atom. The smallest absolute Gasteiger partial charge is 0.193 e. The van der Waals surface area contributed by atoms with Crippen molar-refractivity contribution in [3.8, 4) is 0 Å². The van der Waals surface area contributed by atoms with E-state index < -0.39 is 0 Å². The summed E-state index contributed by atoms with van der Waals surface area (Å²) < 4.78 is 0. The van der Waals surface area contributed by atoms with Crippen molar-refractivity contribution in [2.75, 3.05) is 45.8 Å². The summed E-state index contributed by atoms with van der Waals surface area (Å²) in [6, 6.07) is 10.7. The molecule has 4 nitrogen and oxygen atoms in total. The minimum absolute atomic E-state index is 0. The highest BCUT2D eigenvalue weighted by Gasteiger charge is 2.22. The van der Waals surface area contributed by atoms with E-state index in [1.54, 1.807) is 5.57 Å². The van der Waals surface area contributed by atoms with Gasteiger partial charge in [-0.25, -0.2) is 0 Å². The van der Waals surface area contributed by atoms with Crippen molar-refractivity contribution in [3.63, 3.8) is 0 Å². The van der Waals surface area contributed by atoms with Crippen LogP contribution in [0.15, 0.2) is 40.9 Å². The molecule has 2 fully saturated rings. The van der Waals surface area contributed by atoms with Crippen molar-refractivity contribution in [1.82, 2.24) is 15.1 Å². The van der Waals surface area contributed by atoms with Gasteiger partial charge in [-0.15, -0.1) is 24.0 Å². The number of halogens is 1. The van der Waals surface area contributed by atoms with Crippen LogP contribution in [0.4, 0.5) is 0 Å². The zero-order valence-corrected chi connectivity index (χ0v) is 19.2. The van der Waals surface area contributed by atoms with Gasteiger partial charge in [0.15, 0.2) is 5.96 Å². The Hall–Kier alpha value is -1.08. The van der Waals surface area contributed by atoms with Crippen LogP contribution in [0.5, 0.6) is 0 Å². The second-order valence-electron chi connectivity index (χ2n) is 7.44. The van der Waals surface area contributed by atoms with Gasteiger partial charge >= 0.3 is 0 Å². The van der Waals surface area contributed by atoms with Crippen LogP contribution < -0.4 is 5.32 Å². The largest absolute Gasteiger partial charge is 0.357 e. The quantitative estimate of drug-likeness (QED) is 0.390. The van der Waals surface area contributed by atoms with Gasteiger partial charge in [0.2, 0.25) is 0 Å². The maximum absolute atomic E-state index is 4.98. The highest BCUT2D eigenvalue weighted by Crippen LogP contribution is 2.20. The average Bonchev–Trinajstić information content (AvgIpc) is 3.15. The number of nitrogens with zero attached hydrogens (tertiary/aromatic N) is 3. The molecule has 1 aromatic rings. The summed E-state index contributed by atoms with van der Waals surface area (Å²) >= 11 is 0. The predicted octanol–water partition coefficient (Wildman–Crippen LogP) is 4.09. The van der Waals surface area contributed by atoms with E-state index in [4.69, 9.17) is 4.99 Å². The van der Waals surface area contributed by atoms with Gasteiger partial charge in [0.25, 0.3) is 0 Å². The van der Waals surface area contributed by atoms with Crippen LogP contribution in [-0.2, 0) is 0 Å². The summed E-state index contributed by atoms with van der Waals surface area (Å²) in [4.78, 5) is 9.96. The van der Waals surface area contributed by atoms with E-state index in [0.29, 0.717) is 0 Å². The number of aliphatic imine (C=N–C) groups is 1. The van der Waals surface area contributed by atoms with Crippen molar-refractivity contribution < 1.29 is 0 Å². The molecule has 1 unspecified atom stereocenters. The Labute approximate surface area is 182 Å². The number of hydrogen-bond acceptors (Lipinski definition) is 2. The minimum atomic E-state index is 0. The number of nitrogens with one attached hydrogen (secondary N) is 1. The van der Waals surface area contributed by atoms with Crippen molar-refractivity contribution in [2.45, 2.75) is 33.1 Å². The summed E-state index contributed by atoms with van der Waals surface area (Å²) in [5, 5.41) is 3.51. The third-order valence-corrected chi connectivity index (χ3v) is 5.53. The van der Waals surface area contributed by atoms with Crippen molar-refractivity contribution in [2.24, 2.45) is 10.9 Å². The summed E-state index contributed by atoms with van der Waals surface area (Å²) in [6.45, 7) is 12.1. The maximum atomic E-state index is 4.98. The van der Waals surface area contributed by atoms with E-state index in [1.165, 1.54) is 31.6 Å². The van der Waals surface area contributed by atoms with Gasteiger partial charge in [0, 0.05) is 32.7 Å². The second kappa shape index (κ2) is 11.7. The fourth-order valence-electron chi connectivity index (χ4n) is 3.93. The first-order valence-electron chi connectivity index (χ1n) is 10.3. The monoisotopic (exact) mass is 482 g/mol. The number of likely N-dealkylation sites (tertiary alicyclic amines) is 2. The molecular weight excluding hydrogens is 447 g/mol. The van der Waals surface area contributed by atoms with E-state index >= 15 is 0 Å². The molecule has 2 saturated heterocycles. The topological polar surface area (TPSA) is 30.9 Å². The lowest BCUT2D eigenvalue weighted by Crippen LogP contribution is -2.44. The summed E-state index contributed by atoms with van der Waals surface area (Å²) in [5.41, 5.74) is 2.87. The van der Waals surface area contributed by atoms with Crippen LogP contribution in [0.2, 0.25) is 0 Å². The molecule has 0 aromatic heterocycles. The van der Waals surface area contributed by atoms with E-state index in [1.807, 2.05) is 0 Å². The number of benzene rings is 1. The van der Waals surface area contributed by atoms with Crippen LogP contribution in [-0.4, -0.2) is 61.6 Å². The van der Waals surface area contributed by atoms with Crippen molar-refractivity contribution in [1.29, 1.82) is 0 Å². The van der Waals surface area contributed by atoms with E-state index in [2.05, 4.69) is 65.4 Å². The van der Waals surface area contributed by atoms with Crippen LogP contribution in [0, 0.1) is 5.92 Å². The Kier molecular flexibility index (Phi) is 9.62. The Morgan fingerprint density at radius 2 is 1.89 bits per heavy atom. The van der Waals surface area contributed by atoms with Crippen LogP contribution in [0.25, 0.3) is 6.08 Å². The molecule has 1 N–H and O–H groups in total. The lowest BCUT2D eigenvalue weighted by molar-refractivity contribution is 0.342. The summed E-state index contributed by atoms with van der Waals surface area (Å²) in [6.07, 6.45) is 5.92. The fourth-order valence-corrected chi connectivity index (χ4v) is 3.93. The van der Waals surface area contributed by atoms with Crippen molar-refractivity contribution in [3.05, 3.63) is 41.5 Å². The summed E-state index contributed by atoms with van der Waals surface area (Å²) in [5.74, 6) is 1.84. The lowest BCUT2D eigenvalue weighted by Gasteiger charge is -2.31. The fraction of sp³-hybridized carbons (Fsp3) is 0.591. The lowest BCUT2D eigenvalue weighted by atomic mass is 10.0. The number of rotatable bonds is 5. The van der Waals surface area contributed by atoms with E-state index in [9.17, 15) is 0 Å². The number of hydrogen-bond donors (Lipinski definition) is 1. The molecule has 5 heteroatoms. The molecule has 150 valence electrons. The Balaban J connectivity index is 0.00000261. The van der Waals surface area contributed by atoms with Crippen LogP contribution in [0.1, 0.15) is 38.7 Å². The standard InChI is InChI=1S/C22H34N4.HI/c1-3-23-22(24-17-21-10-13-25(4-2)18-21)26-14-11-20(12-15-26)16-19-8-6-5-7-9-19;/h5-9,16,21H,3-4,10-15,17-18H2,1-2H3,(H,23,24);1H. The first-order chi connectivity index (χ1) is 12.8. The molecule has 2 heterocycles. The molecule has 0 saturated carbocycles. The first-order valence-corrected chi connectivity index (χ1v) is 10.3. The van der Waals surface area contributed by atoms with Gasteiger partial charge < -0.3 is 15.1 Å². The Morgan fingerprint density at radius 1 is 1.15 bits per heavy atom. The third-order valence-electron chi connectivity index (χ3n) is 5.53. The maximum Gasteiger partial charge on any atom is 0.193 e. The van der Waals surface area contributed by atoms with Crippen LogP contribution in [0.3, 0.4) is 0 Å². The van der Waals surface area contributed by atoms with E-state index in [-0.39, 0.29) is 24.0 Å². The first kappa shape index (κ1) is 22.2. The molecule has 0 bridgehead atoms.